The second-order valence-corrected chi connectivity index (χ2v) is 10.0. The van der Waals surface area contributed by atoms with Gasteiger partial charge in [-0.25, -0.2) is 13.9 Å². The molecular weight excluding hydrogens is 492 g/mol. The van der Waals surface area contributed by atoms with Gasteiger partial charge in [-0.3, -0.25) is 4.79 Å². The van der Waals surface area contributed by atoms with Crippen molar-refractivity contribution in [1.82, 2.24) is 19.6 Å². The van der Waals surface area contributed by atoms with Crippen LogP contribution in [0.25, 0.3) is 22.2 Å². The zero-order chi connectivity index (χ0) is 27.7. The van der Waals surface area contributed by atoms with Gasteiger partial charge in [-0.05, 0) is 85.0 Å². The van der Waals surface area contributed by atoms with Crippen molar-refractivity contribution >= 4 is 27.9 Å². The molecule has 1 aromatic heterocycles. The van der Waals surface area contributed by atoms with Crippen LogP contribution < -0.4 is 4.72 Å². The van der Waals surface area contributed by atoms with Gasteiger partial charge in [0.2, 0.25) is 0 Å². The largest absolute Gasteiger partial charge is 0.342 e. The molecule has 2 N–H and O–H groups in total. The van der Waals surface area contributed by atoms with Crippen LogP contribution in [0.15, 0.2) is 65.6 Å². The summed E-state index contributed by atoms with van der Waals surface area (Å²) >= 11 is 0. The SMILES string of the molecule is C#CCNS(=O)c1ccc(C(=O)N(CCC)Cc2cc(-c3ccc4nc(C)[nH]c4c3)ccc2C)cc1.CC. The summed E-state index contributed by atoms with van der Waals surface area (Å²) in [5.74, 6) is 3.25. The predicted molar refractivity (Wildman–Crippen MR) is 157 cm³/mol. The van der Waals surface area contributed by atoms with Crippen molar-refractivity contribution in [3.05, 3.63) is 83.2 Å². The fraction of sp³-hybridized carbons (Fsp3) is 0.290. The van der Waals surface area contributed by atoms with Crippen LogP contribution in [-0.2, 0) is 17.5 Å². The number of fused-ring (bicyclic) bond motifs is 1. The first kappa shape index (κ1) is 28.8. The number of benzene rings is 3. The molecule has 3 aromatic carbocycles. The molecule has 0 bridgehead atoms. The number of aromatic amines is 1. The Kier molecular flexibility index (Phi) is 10.4. The molecule has 0 aliphatic rings. The van der Waals surface area contributed by atoms with E-state index in [4.69, 9.17) is 6.42 Å². The van der Waals surface area contributed by atoms with Crippen LogP contribution in [0.1, 0.15) is 54.5 Å². The van der Waals surface area contributed by atoms with E-state index in [2.05, 4.69) is 64.8 Å². The molecule has 0 saturated heterocycles. The van der Waals surface area contributed by atoms with Gasteiger partial charge in [0.15, 0.2) is 0 Å². The maximum atomic E-state index is 13.4. The van der Waals surface area contributed by atoms with Crippen LogP contribution in [0.4, 0.5) is 0 Å². The zero-order valence-corrected chi connectivity index (χ0v) is 23.6. The molecular formula is C31H36N4O2S. The standard InChI is InChI=1S/C29H30N4O2S.C2H6/c1-5-15-30-36(35)26-12-9-22(10-13-26)29(34)33(16-6-2)19-25-17-23(8-7-20(25)3)24-11-14-27-28(18-24)32-21(4)31-27;1-2/h1,7-14,17-18,30H,6,15-16,19H2,2-4H3,(H,31,32);1-2H3. The first-order valence-electron chi connectivity index (χ1n) is 12.9. The van der Waals surface area contributed by atoms with E-state index in [1.165, 1.54) is 0 Å². The Bertz CT molecular complexity index is 1450. The summed E-state index contributed by atoms with van der Waals surface area (Å²) in [6, 6.07) is 19.5. The highest BCUT2D eigenvalue weighted by atomic mass is 32.2. The highest BCUT2D eigenvalue weighted by molar-refractivity contribution is 7.83. The molecule has 0 saturated carbocycles. The van der Waals surface area contributed by atoms with Crippen LogP contribution in [0.3, 0.4) is 0 Å². The topological polar surface area (TPSA) is 78.1 Å². The van der Waals surface area contributed by atoms with Gasteiger partial charge in [0.05, 0.1) is 22.5 Å². The Morgan fingerprint density at radius 1 is 1.05 bits per heavy atom. The number of amides is 1. The van der Waals surface area contributed by atoms with E-state index < -0.39 is 11.0 Å². The van der Waals surface area contributed by atoms with E-state index in [1.807, 2.05) is 31.7 Å². The smallest absolute Gasteiger partial charge is 0.254 e. The Hall–Kier alpha value is -3.73. The molecule has 7 heteroatoms. The maximum absolute atomic E-state index is 13.4. The molecule has 198 valence electrons. The summed E-state index contributed by atoms with van der Waals surface area (Å²) in [6.07, 6.45) is 6.06. The Balaban J connectivity index is 0.00000195. The number of terminal acetylenes is 1. The number of aryl methyl sites for hydroxylation is 2. The highest BCUT2D eigenvalue weighted by Crippen LogP contribution is 2.26. The summed E-state index contributed by atoms with van der Waals surface area (Å²) in [6.45, 7) is 11.4. The Labute approximate surface area is 228 Å². The number of carbonyl (C=O) groups excluding carboxylic acids is 1. The van der Waals surface area contributed by atoms with Crippen molar-refractivity contribution < 1.29 is 9.00 Å². The molecule has 1 unspecified atom stereocenters. The number of hydrogen-bond donors (Lipinski definition) is 2. The normalized spacial score (nSPS) is 11.4. The lowest BCUT2D eigenvalue weighted by atomic mass is 9.99. The minimum Gasteiger partial charge on any atom is -0.342 e. The number of imidazole rings is 1. The van der Waals surface area contributed by atoms with Gasteiger partial charge < -0.3 is 9.88 Å². The number of aromatic nitrogens is 2. The lowest BCUT2D eigenvalue weighted by Gasteiger charge is -2.24. The molecule has 0 aliphatic carbocycles. The monoisotopic (exact) mass is 528 g/mol. The van der Waals surface area contributed by atoms with Gasteiger partial charge in [0.25, 0.3) is 5.91 Å². The third kappa shape index (κ3) is 6.97. The molecule has 1 amide bonds. The predicted octanol–water partition coefficient (Wildman–Crippen LogP) is 6.17. The van der Waals surface area contributed by atoms with Gasteiger partial charge in [-0.15, -0.1) is 6.42 Å². The Morgan fingerprint density at radius 3 is 2.42 bits per heavy atom. The minimum atomic E-state index is -1.41. The average molecular weight is 529 g/mol. The van der Waals surface area contributed by atoms with Crippen LogP contribution in [0.5, 0.6) is 0 Å². The van der Waals surface area contributed by atoms with Crippen molar-refractivity contribution in [3.63, 3.8) is 0 Å². The van der Waals surface area contributed by atoms with Gasteiger partial charge in [0.1, 0.15) is 16.8 Å². The Morgan fingerprint density at radius 2 is 1.74 bits per heavy atom. The maximum Gasteiger partial charge on any atom is 0.254 e. The third-order valence-electron chi connectivity index (χ3n) is 6.05. The third-order valence-corrected chi connectivity index (χ3v) is 7.15. The van der Waals surface area contributed by atoms with E-state index in [1.54, 1.807) is 24.3 Å². The molecule has 0 radical (unpaired) electrons. The molecule has 1 atom stereocenters. The van der Waals surface area contributed by atoms with Gasteiger partial charge in [-0.1, -0.05) is 44.9 Å². The van der Waals surface area contributed by atoms with Crippen molar-refractivity contribution in [2.24, 2.45) is 0 Å². The molecule has 0 spiro atoms. The summed E-state index contributed by atoms with van der Waals surface area (Å²) < 4.78 is 15.0. The van der Waals surface area contributed by atoms with Gasteiger partial charge in [0, 0.05) is 18.7 Å². The molecule has 6 nitrogen and oxygen atoms in total. The zero-order valence-electron chi connectivity index (χ0n) is 22.8. The van der Waals surface area contributed by atoms with Crippen molar-refractivity contribution in [2.45, 2.75) is 52.5 Å². The average Bonchev–Trinajstić information content (AvgIpc) is 3.32. The van der Waals surface area contributed by atoms with Crippen LogP contribution >= 0.6 is 0 Å². The number of H-pyrrole nitrogens is 1. The van der Waals surface area contributed by atoms with E-state index in [0.717, 1.165) is 45.5 Å². The van der Waals surface area contributed by atoms with Crippen LogP contribution in [0.2, 0.25) is 0 Å². The molecule has 0 aliphatic heterocycles. The van der Waals surface area contributed by atoms with E-state index >= 15 is 0 Å². The molecule has 1 heterocycles. The first-order valence-corrected chi connectivity index (χ1v) is 14.1. The molecule has 4 aromatic rings. The number of hydrogen-bond acceptors (Lipinski definition) is 3. The van der Waals surface area contributed by atoms with Crippen LogP contribution in [-0.4, -0.2) is 38.1 Å². The van der Waals surface area contributed by atoms with Crippen molar-refractivity contribution in [2.75, 3.05) is 13.1 Å². The molecule has 0 fully saturated rings. The number of nitrogens with zero attached hydrogens (tertiary/aromatic N) is 2. The van der Waals surface area contributed by atoms with Crippen molar-refractivity contribution in [3.8, 4) is 23.5 Å². The summed E-state index contributed by atoms with van der Waals surface area (Å²) in [4.78, 5) is 23.6. The second kappa shape index (κ2) is 13.7. The summed E-state index contributed by atoms with van der Waals surface area (Å²) in [5.41, 5.74) is 6.96. The van der Waals surface area contributed by atoms with E-state index in [0.29, 0.717) is 23.5 Å². The minimum absolute atomic E-state index is 0.0510. The van der Waals surface area contributed by atoms with Gasteiger partial charge in [-0.2, -0.15) is 0 Å². The fourth-order valence-electron chi connectivity index (χ4n) is 4.16. The number of nitrogens with one attached hydrogen (secondary N) is 2. The number of rotatable bonds is 9. The summed E-state index contributed by atoms with van der Waals surface area (Å²) in [7, 11) is -1.41. The van der Waals surface area contributed by atoms with Crippen molar-refractivity contribution in [1.29, 1.82) is 0 Å². The fourth-order valence-corrected chi connectivity index (χ4v) is 4.92. The quantitative estimate of drug-likeness (QED) is 0.255. The highest BCUT2D eigenvalue weighted by Gasteiger charge is 2.17. The number of carbonyl (C=O) groups is 1. The second-order valence-electron chi connectivity index (χ2n) is 8.74. The molecule has 4 rings (SSSR count). The molecule has 38 heavy (non-hydrogen) atoms. The van der Waals surface area contributed by atoms with Gasteiger partial charge >= 0.3 is 0 Å². The van der Waals surface area contributed by atoms with Crippen LogP contribution in [0, 0.1) is 26.2 Å². The summed E-state index contributed by atoms with van der Waals surface area (Å²) in [5, 5.41) is 0. The lowest BCUT2D eigenvalue weighted by Crippen LogP contribution is -2.31. The van der Waals surface area contributed by atoms with E-state index in [9.17, 15) is 9.00 Å². The van der Waals surface area contributed by atoms with E-state index in [-0.39, 0.29) is 12.5 Å². The first-order chi connectivity index (χ1) is 18.4. The lowest BCUT2D eigenvalue weighted by molar-refractivity contribution is 0.0743.